The fourth-order valence-corrected chi connectivity index (χ4v) is 2.48. The first-order chi connectivity index (χ1) is 10.1. The van der Waals surface area contributed by atoms with Gasteiger partial charge in [0, 0.05) is 6.42 Å². The van der Waals surface area contributed by atoms with Gasteiger partial charge in [-0.15, -0.1) is 0 Å². The zero-order valence-corrected chi connectivity index (χ0v) is 13.2. The van der Waals surface area contributed by atoms with E-state index in [0.717, 1.165) is 0 Å². The van der Waals surface area contributed by atoms with E-state index in [1.807, 2.05) is 0 Å². The lowest BCUT2D eigenvalue weighted by molar-refractivity contribution is 0.0987. The fraction of sp³-hybridized carbons (Fsp3) is 0.188. The average molecular weight is 353 g/mol. The van der Waals surface area contributed by atoms with E-state index >= 15 is 0 Å². The van der Waals surface area contributed by atoms with E-state index in [-0.39, 0.29) is 18.0 Å². The molecule has 0 aliphatic rings. The summed E-state index contributed by atoms with van der Waals surface area (Å²) in [5.74, 6) is 0.407. The van der Waals surface area contributed by atoms with Gasteiger partial charge in [-0.25, -0.2) is 4.39 Å². The zero-order chi connectivity index (χ0) is 15.4. The number of benzene rings is 2. The quantitative estimate of drug-likeness (QED) is 0.762. The van der Waals surface area contributed by atoms with Crippen LogP contribution in [0.3, 0.4) is 0 Å². The van der Waals surface area contributed by atoms with Crippen molar-refractivity contribution in [1.29, 1.82) is 0 Å². The molecule has 0 atom stereocenters. The molecule has 0 saturated heterocycles. The lowest BCUT2D eigenvalue weighted by atomic mass is 10.0. The Morgan fingerprint density at radius 3 is 2.29 bits per heavy atom. The molecule has 2 rings (SSSR count). The van der Waals surface area contributed by atoms with Crippen LogP contribution in [0.5, 0.6) is 11.5 Å². The average Bonchev–Trinajstić information content (AvgIpc) is 2.49. The summed E-state index contributed by atoms with van der Waals surface area (Å²) in [5, 5.41) is 0. The van der Waals surface area contributed by atoms with E-state index in [0.29, 0.717) is 27.1 Å². The van der Waals surface area contributed by atoms with Crippen molar-refractivity contribution in [3.8, 4) is 11.5 Å². The largest absolute Gasteiger partial charge is 0.496 e. The van der Waals surface area contributed by atoms with Gasteiger partial charge < -0.3 is 9.47 Å². The maximum absolute atomic E-state index is 13.2. The third-order valence-corrected chi connectivity index (χ3v) is 3.66. The standard InChI is InChI=1S/C16H14BrFO3/c1-20-14-4-3-5-15(21-2)16(14)13(19)9-10-6-7-12(18)11(17)8-10/h3-8H,9H2,1-2H3. The van der Waals surface area contributed by atoms with Gasteiger partial charge in [0.2, 0.25) is 0 Å². The highest BCUT2D eigenvalue weighted by Gasteiger charge is 2.18. The first kappa shape index (κ1) is 15.5. The minimum atomic E-state index is -0.360. The van der Waals surface area contributed by atoms with Gasteiger partial charge in [-0.05, 0) is 45.8 Å². The summed E-state index contributed by atoms with van der Waals surface area (Å²) in [7, 11) is 3.00. The van der Waals surface area contributed by atoms with E-state index in [2.05, 4.69) is 15.9 Å². The van der Waals surface area contributed by atoms with Crippen LogP contribution in [0, 0.1) is 5.82 Å². The Hall–Kier alpha value is -1.88. The van der Waals surface area contributed by atoms with Crippen LogP contribution < -0.4 is 9.47 Å². The van der Waals surface area contributed by atoms with Crippen LogP contribution in [0.1, 0.15) is 15.9 Å². The minimum absolute atomic E-state index is 0.135. The second kappa shape index (κ2) is 6.72. The molecule has 0 amide bonds. The molecule has 0 saturated carbocycles. The Bertz CT molecular complexity index is 648. The Morgan fingerprint density at radius 2 is 1.76 bits per heavy atom. The van der Waals surface area contributed by atoms with E-state index in [1.165, 1.54) is 20.3 Å². The van der Waals surface area contributed by atoms with Crippen LogP contribution in [-0.2, 0) is 6.42 Å². The molecular formula is C16H14BrFO3. The number of hydrogen-bond donors (Lipinski definition) is 0. The Balaban J connectivity index is 2.34. The molecule has 0 radical (unpaired) electrons. The van der Waals surface area contributed by atoms with Crippen LogP contribution in [0.4, 0.5) is 4.39 Å². The van der Waals surface area contributed by atoms with Crippen molar-refractivity contribution < 1.29 is 18.7 Å². The molecule has 0 aliphatic carbocycles. The number of rotatable bonds is 5. The van der Waals surface area contributed by atoms with Crippen molar-refractivity contribution in [1.82, 2.24) is 0 Å². The molecule has 0 aromatic heterocycles. The molecule has 5 heteroatoms. The number of halogens is 2. The summed E-state index contributed by atoms with van der Waals surface area (Å²) < 4.78 is 24.0. The van der Waals surface area contributed by atoms with Gasteiger partial charge in [-0.1, -0.05) is 12.1 Å². The Labute approximate surface area is 130 Å². The molecular weight excluding hydrogens is 339 g/mol. The highest BCUT2D eigenvalue weighted by molar-refractivity contribution is 9.10. The van der Waals surface area contributed by atoms with Gasteiger partial charge in [-0.3, -0.25) is 4.79 Å². The van der Waals surface area contributed by atoms with E-state index < -0.39 is 0 Å². The van der Waals surface area contributed by atoms with E-state index in [1.54, 1.807) is 30.3 Å². The first-order valence-corrected chi connectivity index (χ1v) is 7.04. The van der Waals surface area contributed by atoms with Gasteiger partial charge >= 0.3 is 0 Å². The van der Waals surface area contributed by atoms with Gasteiger partial charge in [0.05, 0.1) is 18.7 Å². The van der Waals surface area contributed by atoms with Gasteiger partial charge in [0.25, 0.3) is 0 Å². The number of carbonyl (C=O) groups is 1. The molecule has 0 unspecified atom stereocenters. The molecule has 0 aliphatic heterocycles. The highest BCUT2D eigenvalue weighted by Crippen LogP contribution is 2.30. The number of hydrogen-bond acceptors (Lipinski definition) is 3. The van der Waals surface area contributed by atoms with Crippen molar-refractivity contribution in [3.63, 3.8) is 0 Å². The van der Waals surface area contributed by atoms with E-state index in [9.17, 15) is 9.18 Å². The molecule has 0 fully saturated rings. The van der Waals surface area contributed by atoms with Crippen molar-refractivity contribution in [2.45, 2.75) is 6.42 Å². The lowest BCUT2D eigenvalue weighted by Gasteiger charge is -2.12. The third kappa shape index (κ3) is 3.42. The topological polar surface area (TPSA) is 35.5 Å². The summed E-state index contributed by atoms with van der Waals surface area (Å²) in [6.45, 7) is 0. The van der Waals surface area contributed by atoms with Crippen LogP contribution >= 0.6 is 15.9 Å². The van der Waals surface area contributed by atoms with E-state index in [4.69, 9.17) is 9.47 Å². The number of Topliss-reactive ketones (excluding diaryl/α,β-unsaturated/α-hetero) is 1. The van der Waals surface area contributed by atoms with Crippen molar-refractivity contribution in [2.75, 3.05) is 14.2 Å². The highest BCUT2D eigenvalue weighted by atomic mass is 79.9. The second-order valence-corrected chi connectivity index (χ2v) is 5.24. The summed E-state index contributed by atoms with van der Waals surface area (Å²) in [5.41, 5.74) is 1.10. The Morgan fingerprint density at radius 1 is 1.14 bits per heavy atom. The van der Waals surface area contributed by atoms with Crippen molar-refractivity contribution in [2.24, 2.45) is 0 Å². The van der Waals surface area contributed by atoms with Crippen LogP contribution in [0.25, 0.3) is 0 Å². The number of carbonyl (C=O) groups excluding carboxylic acids is 1. The summed E-state index contributed by atoms with van der Waals surface area (Å²) in [4.78, 5) is 12.5. The minimum Gasteiger partial charge on any atom is -0.496 e. The number of ether oxygens (including phenoxy) is 2. The molecule has 0 heterocycles. The number of ketones is 1. The third-order valence-electron chi connectivity index (χ3n) is 3.06. The molecule has 0 N–H and O–H groups in total. The maximum atomic E-state index is 13.2. The van der Waals surface area contributed by atoms with Crippen molar-refractivity contribution >= 4 is 21.7 Å². The molecule has 0 bridgehead atoms. The van der Waals surface area contributed by atoms with Gasteiger partial charge in [-0.2, -0.15) is 0 Å². The maximum Gasteiger partial charge on any atom is 0.174 e. The van der Waals surface area contributed by atoms with Crippen LogP contribution in [0.15, 0.2) is 40.9 Å². The van der Waals surface area contributed by atoms with Gasteiger partial charge in [0.15, 0.2) is 5.78 Å². The fourth-order valence-electron chi connectivity index (χ4n) is 2.05. The summed E-state index contributed by atoms with van der Waals surface area (Å²) in [6.07, 6.45) is 0.135. The monoisotopic (exact) mass is 352 g/mol. The normalized spacial score (nSPS) is 10.3. The summed E-state index contributed by atoms with van der Waals surface area (Å²) >= 11 is 3.11. The molecule has 21 heavy (non-hydrogen) atoms. The zero-order valence-electron chi connectivity index (χ0n) is 11.7. The lowest BCUT2D eigenvalue weighted by Crippen LogP contribution is -2.08. The van der Waals surface area contributed by atoms with Crippen molar-refractivity contribution in [3.05, 3.63) is 57.8 Å². The smallest absolute Gasteiger partial charge is 0.174 e. The van der Waals surface area contributed by atoms with Crippen LogP contribution in [-0.4, -0.2) is 20.0 Å². The molecule has 110 valence electrons. The molecule has 2 aromatic carbocycles. The predicted molar refractivity (Wildman–Crippen MR) is 81.7 cm³/mol. The second-order valence-electron chi connectivity index (χ2n) is 4.39. The number of methoxy groups -OCH3 is 2. The molecule has 0 spiro atoms. The van der Waals surface area contributed by atoms with Gasteiger partial charge in [0.1, 0.15) is 22.9 Å². The Kier molecular flexibility index (Phi) is 4.96. The summed E-state index contributed by atoms with van der Waals surface area (Å²) in [6, 6.07) is 9.66. The predicted octanol–water partition coefficient (Wildman–Crippen LogP) is 4.03. The molecule has 2 aromatic rings. The SMILES string of the molecule is COc1cccc(OC)c1C(=O)Cc1ccc(F)c(Br)c1. The molecule has 3 nitrogen and oxygen atoms in total. The van der Waals surface area contributed by atoms with Crippen LogP contribution in [0.2, 0.25) is 0 Å². The first-order valence-electron chi connectivity index (χ1n) is 6.25.